The highest BCUT2D eigenvalue weighted by molar-refractivity contribution is 5.95. The van der Waals surface area contributed by atoms with E-state index in [1.807, 2.05) is 12.1 Å². The number of oxazole rings is 1. The molecule has 2 aromatic heterocycles. The van der Waals surface area contributed by atoms with E-state index in [1.165, 1.54) is 18.7 Å². The fraction of sp³-hybridized carbons (Fsp3) is 0.0952. The molecule has 0 amide bonds. The van der Waals surface area contributed by atoms with Crippen molar-refractivity contribution in [3.8, 4) is 22.6 Å². The average Bonchev–Trinajstić information content (AvgIpc) is 3.40. The van der Waals surface area contributed by atoms with E-state index >= 15 is 0 Å². The van der Waals surface area contributed by atoms with Gasteiger partial charge in [0.2, 0.25) is 0 Å². The number of imidazole rings is 1. The molecule has 146 valence electrons. The van der Waals surface area contributed by atoms with E-state index < -0.39 is 11.7 Å². The van der Waals surface area contributed by atoms with Gasteiger partial charge in [-0.3, -0.25) is 4.79 Å². The Hall–Kier alpha value is -3.68. The third-order valence-corrected chi connectivity index (χ3v) is 4.39. The Morgan fingerprint density at radius 3 is 2.52 bits per heavy atom. The second-order valence-electron chi connectivity index (χ2n) is 6.39. The number of halogens is 3. The summed E-state index contributed by atoms with van der Waals surface area (Å²) in [7, 11) is 0. The lowest BCUT2D eigenvalue weighted by Crippen LogP contribution is -2.04. The molecule has 0 unspecified atom stereocenters. The second-order valence-corrected chi connectivity index (χ2v) is 6.39. The lowest BCUT2D eigenvalue weighted by Gasteiger charge is -2.07. The number of Topliss-reactive ketones (excluding diaryl/α,β-unsaturated/α-hetero) is 1. The highest BCUT2D eigenvalue weighted by atomic mass is 19.4. The number of H-pyrrole nitrogens is 1. The van der Waals surface area contributed by atoms with Crippen molar-refractivity contribution in [1.82, 2.24) is 15.0 Å². The van der Waals surface area contributed by atoms with Crippen LogP contribution in [-0.2, 0) is 12.6 Å². The number of ketones is 1. The lowest BCUT2D eigenvalue weighted by atomic mass is 10.0. The molecule has 8 heteroatoms. The van der Waals surface area contributed by atoms with Crippen molar-refractivity contribution in [3.05, 3.63) is 84.2 Å². The largest absolute Gasteiger partial charge is 0.451 e. The topological polar surface area (TPSA) is 71.8 Å². The predicted molar refractivity (Wildman–Crippen MR) is 99.0 cm³/mol. The standard InChI is InChI=1S/C21H14F3N3O2/c22-21(23,24)16-3-1-2-15(9-16)20-25-10-17(27-20)14-6-4-13(5-7-14)8-19(28)18-11-29-12-26-18/h1-7,9-12H,8H2,(H,25,27). The van der Waals surface area contributed by atoms with Crippen molar-refractivity contribution in [2.45, 2.75) is 12.6 Å². The molecule has 5 nitrogen and oxygen atoms in total. The SMILES string of the molecule is O=C(Cc1ccc(-c2cnc(-c3cccc(C(F)(F)F)c3)[nH]2)cc1)c1cocn1. The highest BCUT2D eigenvalue weighted by Crippen LogP contribution is 2.32. The smallest absolute Gasteiger partial charge is 0.416 e. The van der Waals surface area contributed by atoms with Gasteiger partial charge in [0.15, 0.2) is 12.2 Å². The number of alkyl halides is 3. The van der Waals surface area contributed by atoms with Crippen LogP contribution < -0.4 is 0 Å². The van der Waals surface area contributed by atoms with Crippen molar-refractivity contribution in [1.29, 1.82) is 0 Å². The van der Waals surface area contributed by atoms with Crippen molar-refractivity contribution in [2.24, 2.45) is 0 Å². The summed E-state index contributed by atoms with van der Waals surface area (Å²) in [4.78, 5) is 23.1. The first kappa shape index (κ1) is 18.7. The van der Waals surface area contributed by atoms with Crippen LogP contribution in [0.4, 0.5) is 13.2 Å². The Morgan fingerprint density at radius 2 is 1.83 bits per heavy atom. The molecule has 2 heterocycles. The first-order chi connectivity index (χ1) is 13.9. The van der Waals surface area contributed by atoms with E-state index in [4.69, 9.17) is 4.42 Å². The molecular weight excluding hydrogens is 383 g/mol. The predicted octanol–water partition coefficient (Wildman–Crippen LogP) is 5.18. The van der Waals surface area contributed by atoms with Gasteiger partial charge in [0.25, 0.3) is 0 Å². The molecule has 0 saturated heterocycles. The van der Waals surface area contributed by atoms with E-state index in [2.05, 4.69) is 15.0 Å². The number of hydrogen-bond donors (Lipinski definition) is 1. The van der Waals surface area contributed by atoms with E-state index in [-0.39, 0.29) is 17.9 Å². The summed E-state index contributed by atoms with van der Waals surface area (Å²) in [5, 5.41) is 0. The minimum absolute atomic E-state index is 0.153. The number of carbonyl (C=O) groups is 1. The Bertz CT molecular complexity index is 1130. The van der Waals surface area contributed by atoms with Gasteiger partial charge in [-0.25, -0.2) is 9.97 Å². The Morgan fingerprint density at radius 1 is 1.03 bits per heavy atom. The molecule has 0 aliphatic heterocycles. The Labute approximate surface area is 163 Å². The van der Waals surface area contributed by atoms with Gasteiger partial charge in [0.1, 0.15) is 17.8 Å². The van der Waals surface area contributed by atoms with Gasteiger partial charge in [-0.05, 0) is 23.3 Å². The molecule has 0 fully saturated rings. The quantitative estimate of drug-likeness (QED) is 0.471. The molecular formula is C21H14F3N3O2. The molecule has 0 radical (unpaired) electrons. The maximum Gasteiger partial charge on any atom is 0.416 e. The van der Waals surface area contributed by atoms with Crippen LogP contribution in [0.15, 0.2) is 71.8 Å². The van der Waals surface area contributed by atoms with Gasteiger partial charge in [-0.15, -0.1) is 0 Å². The zero-order valence-corrected chi connectivity index (χ0v) is 14.9. The number of benzene rings is 2. The minimum Gasteiger partial charge on any atom is -0.451 e. The molecule has 4 aromatic rings. The maximum absolute atomic E-state index is 12.9. The number of rotatable bonds is 5. The van der Waals surface area contributed by atoms with Crippen LogP contribution in [0.25, 0.3) is 22.6 Å². The van der Waals surface area contributed by atoms with E-state index in [9.17, 15) is 18.0 Å². The van der Waals surface area contributed by atoms with Crippen molar-refractivity contribution in [3.63, 3.8) is 0 Å². The molecule has 0 aliphatic carbocycles. The van der Waals surface area contributed by atoms with Gasteiger partial charge in [0.05, 0.1) is 17.5 Å². The normalized spacial score (nSPS) is 11.6. The van der Waals surface area contributed by atoms with Crippen LogP contribution in [0, 0.1) is 0 Å². The van der Waals surface area contributed by atoms with E-state index in [1.54, 1.807) is 24.4 Å². The summed E-state index contributed by atoms with van der Waals surface area (Å²) in [6.45, 7) is 0. The molecule has 0 saturated carbocycles. The maximum atomic E-state index is 12.9. The van der Waals surface area contributed by atoms with Gasteiger partial charge >= 0.3 is 6.18 Å². The number of aromatic amines is 1. The van der Waals surface area contributed by atoms with Crippen molar-refractivity contribution in [2.75, 3.05) is 0 Å². The van der Waals surface area contributed by atoms with Crippen LogP contribution in [0.5, 0.6) is 0 Å². The molecule has 0 aliphatic rings. The lowest BCUT2D eigenvalue weighted by molar-refractivity contribution is -0.137. The molecule has 1 N–H and O–H groups in total. The van der Waals surface area contributed by atoms with Gasteiger partial charge in [-0.2, -0.15) is 13.2 Å². The Balaban J connectivity index is 1.52. The zero-order valence-electron chi connectivity index (χ0n) is 14.9. The summed E-state index contributed by atoms with van der Waals surface area (Å²) < 4.78 is 43.5. The molecule has 2 aromatic carbocycles. The van der Waals surface area contributed by atoms with Crippen molar-refractivity contribution < 1.29 is 22.4 Å². The first-order valence-corrected chi connectivity index (χ1v) is 8.63. The molecule has 0 bridgehead atoms. The number of nitrogens with zero attached hydrogens (tertiary/aromatic N) is 2. The second kappa shape index (κ2) is 7.38. The number of hydrogen-bond acceptors (Lipinski definition) is 4. The molecule has 0 spiro atoms. The average molecular weight is 397 g/mol. The zero-order chi connectivity index (χ0) is 20.4. The number of aromatic nitrogens is 3. The number of nitrogens with one attached hydrogen (secondary N) is 1. The van der Waals surface area contributed by atoms with Crippen LogP contribution in [0.1, 0.15) is 21.6 Å². The van der Waals surface area contributed by atoms with E-state index in [0.29, 0.717) is 17.1 Å². The van der Waals surface area contributed by atoms with Gasteiger partial charge < -0.3 is 9.40 Å². The summed E-state index contributed by atoms with van der Waals surface area (Å²) >= 11 is 0. The van der Waals surface area contributed by atoms with E-state index in [0.717, 1.165) is 23.3 Å². The fourth-order valence-electron chi connectivity index (χ4n) is 2.89. The van der Waals surface area contributed by atoms with Crippen LogP contribution in [-0.4, -0.2) is 20.7 Å². The third kappa shape index (κ3) is 4.11. The summed E-state index contributed by atoms with van der Waals surface area (Å²) in [6.07, 6.45) is -0.158. The number of carbonyl (C=O) groups excluding carboxylic acids is 1. The highest BCUT2D eigenvalue weighted by Gasteiger charge is 2.30. The summed E-state index contributed by atoms with van der Waals surface area (Å²) in [6, 6.07) is 12.2. The summed E-state index contributed by atoms with van der Waals surface area (Å²) in [5.41, 5.74) is 2.16. The Kier molecular flexibility index (Phi) is 4.75. The summed E-state index contributed by atoms with van der Waals surface area (Å²) in [5.74, 6) is 0.191. The third-order valence-electron chi connectivity index (χ3n) is 4.39. The molecule has 29 heavy (non-hydrogen) atoms. The monoisotopic (exact) mass is 397 g/mol. The fourth-order valence-corrected chi connectivity index (χ4v) is 2.89. The van der Waals surface area contributed by atoms with Gasteiger partial charge in [-0.1, -0.05) is 36.4 Å². The first-order valence-electron chi connectivity index (χ1n) is 8.63. The van der Waals surface area contributed by atoms with Gasteiger partial charge in [0, 0.05) is 12.0 Å². The van der Waals surface area contributed by atoms with Crippen LogP contribution >= 0.6 is 0 Å². The molecule has 4 rings (SSSR count). The minimum atomic E-state index is -4.41. The van der Waals surface area contributed by atoms with Crippen LogP contribution in [0.2, 0.25) is 0 Å². The van der Waals surface area contributed by atoms with Crippen LogP contribution in [0.3, 0.4) is 0 Å². The molecule has 0 atom stereocenters. The van der Waals surface area contributed by atoms with Crippen molar-refractivity contribution >= 4 is 5.78 Å².